The van der Waals surface area contributed by atoms with Gasteiger partial charge >= 0.3 is 0 Å². The van der Waals surface area contributed by atoms with Gasteiger partial charge in [0.05, 0.1) is 16.4 Å². The van der Waals surface area contributed by atoms with Gasteiger partial charge in [0.2, 0.25) is 0 Å². The highest BCUT2D eigenvalue weighted by Crippen LogP contribution is 2.57. The summed E-state index contributed by atoms with van der Waals surface area (Å²) < 4.78 is 2.41. The van der Waals surface area contributed by atoms with Crippen LogP contribution in [0.15, 0.2) is 328 Å². The fourth-order valence-electron chi connectivity index (χ4n) is 14.4. The minimum Gasteiger partial charge on any atom is -0.310 e. The highest BCUT2D eigenvalue weighted by Gasteiger charge is 2.49. The Balaban J connectivity index is 0.918. The van der Waals surface area contributed by atoms with Gasteiger partial charge in [0, 0.05) is 33.5 Å². The van der Waals surface area contributed by atoms with E-state index in [0.29, 0.717) is 0 Å². The van der Waals surface area contributed by atoms with Crippen LogP contribution in [0.4, 0.5) is 17.1 Å². The molecule has 2 heterocycles. The summed E-state index contributed by atoms with van der Waals surface area (Å²) in [4.78, 5) is 2.48. The molecule has 0 bridgehead atoms. The van der Waals surface area contributed by atoms with E-state index in [9.17, 15) is 0 Å². The van der Waals surface area contributed by atoms with Crippen molar-refractivity contribution in [3.8, 4) is 50.2 Å². The first-order valence-corrected chi connectivity index (χ1v) is 30.5. The predicted molar refractivity (Wildman–Crippen MR) is 346 cm³/mol. The first-order valence-electron chi connectivity index (χ1n) is 28.5. The Labute approximate surface area is 479 Å². The van der Waals surface area contributed by atoms with Crippen molar-refractivity contribution in [3.63, 3.8) is 0 Å². The number of nitrogens with zero attached hydrogens (tertiary/aromatic N) is 2. The van der Waals surface area contributed by atoms with Crippen molar-refractivity contribution in [2.75, 3.05) is 4.90 Å². The molecule has 2 aliphatic rings. The molecule has 0 radical (unpaired) electrons. The summed E-state index contributed by atoms with van der Waals surface area (Å²) in [6.07, 6.45) is 0. The smallest absolute Gasteiger partial charge is 0.180 e. The van der Waals surface area contributed by atoms with Gasteiger partial charge in [-0.1, -0.05) is 267 Å². The van der Waals surface area contributed by atoms with Gasteiger partial charge in [-0.3, -0.25) is 0 Å². The molecule has 16 rings (SSSR count). The molecule has 0 saturated carbocycles. The van der Waals surface area contributed by atoms with Gasteiger partial charge in [-0.2, -0.15) is 0 Å². The van der Waals surface area contributed by atoms with Crippen molar-refractivity contribution < 1.29 is 0 Å². The lowest BCUT2D eigenvalue weighted by atomic mass is 9.67. The van der Waals surface area contributed by atoms with Gasteiger partial charge in [0.1, 0.15) is 0 Å². The lowest BCUT2D eigenvalue weighted by molar-refractivity contribution is 0.768. The van der Waals surface area contributed by atoms with Crippen molar-refractivity contribution >= 4 is 67.7 Å². The summed E-state index contributed by atoms with van der Waals surface area (Å²) in [5.41, 5.74) is 21.1. The Bertz CT molecular complexity index is 4600. The van der Waals surface area contributed by atoms with Gasteiger partial charge in [-0.25, -0.2) is 0 Å². The molecule has 0 fully saturated rings. The largest absolute Gasteiger partial charge is 0.310 e. The number of hydrogen-bond donors (Lipinski definition) is 0. The molecular weight excluding hydrogens is 1000 g/mol. The molecule has 0 N–H and O–H groups in total. The SMILES string of the molecule is c1ccc(-c2cc(N(c3ccc(-n4c5ccccc5c5ccccc54)cc3)c3ccc4c(c3)C(c3ccccc3)(c3ccccc3)c3ccccc3-4)ccc2-c2cccc([Si]3(c4ccccc4)c4ccccc4-c4ccccc43)c2)cc1. The minimum absolute atomic E-state index is 0.568. The van der Waals surface area contributed by atoms with Crippen molar-refractivity contribution in [2.45, 2.75) is 5.41 Å². The Kier molecular flexibility index (Phi) is 11.2. The molecule has 13 aromatic carbocycles. The summed E-state index contributed by atoms with van der Waals surface area (Å²) in [7, 11) is -2.76. The third-order valence-electron chi connectivity index (χ3n) is 17.8. The second kappa shape index (κ2) is 19.2. The van der Waals surface area contributed by atoms with Crippen LogP contribution in [0, 0.1) is 0 Å². The number of para-hydroxylation sites is 2. The summed E-state index contributed by atoms with van der Waals surface area (Å²) in [5, 5.41) is 8.15. The Morgan fingerprint density at radius 1 is 0.280 bits per heavy atom. The molecule has 1 aromatic heterocycles. The molecule has 0 unspecified atom stereocenters. The molecule has 1 aliphatic heterocycles. The molecule has 2 nitrogen and oxygen atoms in total. The van der Waals surface area contributed by atoms with Crippen LogP contribution in [0.1, 0.15) is 22.3 Å². The Morgan fingerprint density at radius 2 is 0.744 bits per heavy atom. The zero-order valence-corrected chi connectivity index (χ0v) is 46.1. The standard InChI is InChI=1S/C79H54N2Si/c1-5-24-55(25-6-1)72-53-61(48-50-65(72)56-26-23-33-64(52-56)82(63-31-11-4-12-32-63)77-42-21-16-37-70(77)71-38-17-22-43-78(71)82)80(59-44-46-60(47-45-59)81-75-40-19-14-35-68(75)69-36-15-20-41-76(69)81)62-49-51-67-66-34-13-18-39-73(66)79(74(67)54-62,57-27-7-2-8-28-57)58-29-9-3-10-30-58/h1-54H. The van der Waals surface area contributed by atoms with E-state index in [1.54, 1.807) is 0 Å². The van der Waals surface area contributed by atoms with Crippen LogP contribution in [0.2, 0.25) is 0 Å². The van der Waals surface area contributed by atoms with Crippen LogP contribution < -0.4 is 25.6 Å². The summed E-state index contributed by atoms with van der Waals surface area (Å²) >= 11 is 0. The Morgan fingerprint density at radius 3 is 1.38 bits per heavy atom. The average molecular weight is 1060 g/mol. The summed E-state index contributed by atoms with van der Waals surface area (Å²) in [6, 6.07) is 123. The van der Waals surface area contributed by atoms with Crippen LogP contribution >= 0.6 is 0 Å². The highest BCUT2D eigenvalue weighted by atomic mass is 28.3. The zero-order chi connectivity index (χ0) is 54.2. The number of benzene rings is 13. The van der Waals surface area contributed by atoms with Crippen molar-refractivity contribution in [3.05, 3.63) is 350 Å². The van der Waals surface area contributed by atoms with Crippen LogP contribution in [0.3, 0.4) is 0 Å². The predicted octanol–water partition coefficient (Wildman–Crippen LogP) is 17.3. The van der Waals surface area contributed by atoms with E-state index in [-0.39, 0.29) is 0 Å². The van der Waals surface area contributed by atoms with E-state index < -0.39 is 13.5 Å². The monoisotopic (exact) mass is 1060 g/mol. The van der Waals surface area contributed by atoms with E-state index in [1.165, 1.54) is 104 Å². The number of anilines is 3. The van der Waals surface area contributed by atoms with Gasteiger partial charge < -0.3 is 9.47 Å². The fraction of sp³-hybridized carbons (Fsp3) is 0.0127. The molecule has 0 amide bonds. The molecule has 0 spiro atoms. The lowest BCUT2D eigenvalue weighted by Gasteiger charge is -2.35. The Hall–Kier alpha value is -10.3. The topological polar surface area (TPSA) is 8.17 Å². The fourth-order valence-corrected chi connectivity index (χ4v) is 19.6. The molecule has 82 heavy (non-hydrogen) atoms. The number of hydrogen-bond acceptors (Lipinski definition) is 1. The maximum Gasteiger partial charge on any atom is 0.180 e. The number of aromatic nitrogens is 1. The van der Waals surface area contributed by atoms with E-state index in [0.717, 1.165) is 28.3 Å². The molecule has 1 aliphatic carbocycles. The molecule has 3 heteroatoms. The summed E-state index contributed by atoms with van der Waals surface area (Å²) in [5.74, 6) is 0. The average Bonchev–Trinajstić information content (AvgIpc) is 3.84. The van der Waals surface area contributed by atoms with Gasteiger partial charge in [-0.15, -0.1) is 0 Å². The third kappa shape index (κ3) is 7.13. The molecule has 0 saturated heterocycles. The number of rotatable bonds is 10. The molecule has 0 atom stereocenters. The minimum atomic E-state index is -2.76. The highest BCUT2D eigenvalue weighted by molar-refractivity contribution is 7.22. The van der Waals surface area contributed by atoms with Crippen molar-refractivity contribution in [2.24, 2.45) is 0 Å². The van der Waals surface area contributed by atoms with Crippen LogP contribution in [0.5, 0.6) is 0 Å². The van der Waals surface area contributed by atoms with Crippen molar-refractivity contribution in [1.29, 1.82) is 0 Å². The quantitative estimate of drug-likeness (QED) is 0.124. The van der Waals surface area contributed by atoms with Crippen molar-refractivity contribution in [1.82, 2.24) is 4.57 Å². The molecule has 14 aromatic rings. The second-order valence-electron chi connectivity index (χ2n) is 21.9. The molecule has 384 valence electrons. The summed E-state index contributed by atoms with van der Waals surface area (Å²) in [6.45, 7) is 0. The maximum atomic E-state index is 2.52. The van der Waals surface area contributed by atoms with E-state index in [4.69, 9.17) is 0 Å². The third-order valence-corrected chi connectivity index (χ3v) is 22.6. The number of fused-ring (bicyclic) bond motifs is 9. The van der Waals surface area contributed by atoms with Gasteiger partial charge in [0.25, 0.3) is 0 Å². The zero-order valence-electron chi connectivity index (χ0n) is 45.1. The van der Waals surface area contributed by atoms with Crippen LogP contribution in [-0.4, -0.2) is 12.6 Å². The van der Waals surface area contributed by atoms with Gasteiger partial charge in [-0.05, 0) is 148 Å². The van der Waals surface area contributed by atoms with Gasteiger partial charge in [0.15, 0.2) is 8.07 Å². The first-order chi connectivity index (χ1) is 40.7. The maximum absolute atomic E-state index is 2.76. The lowest BCUT2D eigenvalue weighted by Crippen LogP contribution is -2.72. The van der Waals surface area contributed by atoms with E-state index in [2.05, 4.69) is 337 Å². The van der Waals surface area contributed by atoms with Crippen LogP contribution in [-0.2, 0) is 5.41 Å². The van der Waals surface area contributed by atoms with E-state index in [1.807, 2.05) is 0 Å². The second-order valence-corrected chi connectivity index (χ2v) is 25.6. The molecular formula is C79H54N2Si. The van der Waals surface area contributed by atoms with Crippen LogP contribution in [0.25, 0.3) is 72.0 Å². The van der Waals surface area contributed by atoms with E-state index >= 15 is 0 Å². The first kappa shape index (κ1) is 47.7. The normalized spacial score (nSPS) is 13.3.